The van der Waals surface area contributed by atoms with Crippen LogP contribution in [-0.4, -0.2) is 41.3 Å². The lowest BCUT2D eigenvalue weighted by atomic mass is 9.95. The minimum absolute atomic E-state index is 0.105. The maximum atomic E-state index is 12.7. The van der Waals surface area contributed by atoms with Gasteiger partial charge in [-0.25, -0.2) is 19.5 Å². The molecule has 0 aliphatic carbocycles. The molecule has 0 N–H and O–H groups in total. The molecule has 0 amide bonds. The van der Waals surface area contributed by atoms with Crippen LogP contribution in [-0.2, 0) is 11.8 Å². The Labute approximate surface area is 184 Å². The summed E-state index contributed by atoms with van der Waals surface area (Å²) >= 11 is 0. The number of rotatable bonds is 7. The summed E-state index contributed by atoms with van der Waals surface area (Å²) in [7, 11) is 0. The zero-order chi connectivity index (χ0) is 22.9. The van der Waals surface area contributed by atoms with Crippen LogP contribution in [0, 0.1) is 0 Å². The summed E-state index contributed by atoms with van der Waals surface area (Å²) in [4.78, 5) is 38.3. The summed E-state index contributed by atoms with van der Waals surface area (Å²) in [5.74, 6) is 0.636. The molecule has 4 aromatic rings. The number of aromatic nitrogens is 6. The van der Waals surface area contributed by atoms with Gasteiger partial charge in [0.05, 0.1) is 11.8 Å². The van der Waals surface area contributed by atoms with Crippen LogP contribution in [0.1, 0.15) is 78.0 Å². The molecule has 0 aromatic carbocycles. The molecule has 0 spiro atoms. The minimum atomic E-state index is -0.260. The van der Waals surface area contributed by atoms with E-state index >= 15 is 0 Å². The quantitative estimate of drug-likeness (QED) is 0.407. The fourth-order valence-electron chi connectivity index (χ4n) is 3.27. The van der Waals surface area contributed by atoms with Gasteiger partial charge >= 0.3 is 0 Å². The largest absolute Gasteiger partial charge is 0.360 e. The first kappa shape index (κ1) is 21.5. The van der Waals surface area contributed by atoms with E-state index in [4.69, 9.17) is 4.52 Å². The highest BCUT2D eigenvalue weighted by Gasteiger charge is 2.22. The minimum Gasteiger partial charge on any atom is -0.360 e. The average Bonchev–Trinajstić information content (AvgIpc) is 3.41. The second-order valence-electron chi connectivity index (χ2n) is 8.85. The Kier molecular flexibility index (Phi) is 5.65. The summed E-state index contributed by atoms with van der Waals surface area (Å²) in [5, 5.41) is 8.05. The Morgan fingerprint density at radius 1 is 1.09 bits per heavy atom. The van der Waals surface area contributed by atoms with Crippen molar-refractivity contribution >= 4 is 17.2 Å². The van der Waals surface area contributed by atoms with Crippen LogP contribution in [0.2, 0.25) is 0 Å². The first-order chi connectivity index (χ1) is 15.2. The van der Waals surface area contributed by atoms with E-state index in [9.17, 15) is 9.59 Å². The molecule has 0 aliphatic rings. The van der Waals surface area contributed by atoms with Gasteiger partial charge in [0.1, 0.15) is 17.3 Å². The van der Waals surface area contributed by atoms with Crippen molar-refractivity contribution in [2.75, 3.05) is 0 Å². The van der Waals surface area contributed by atoms with Crippen molar-refractivity contribution in [2.45, 2.75) is 51.9 Å². The highest BCUT2D eigenvalue weighted by atomic mass is 16.5. The molecular formula is C23H24N6O3. The lowest BCUT2D eigenvalue weighted by molar-refractivity contribution is 0.0966. The lowest BCUT2D eigenvalue weighted by Gasteiger charge is -2.15. The molecule has 164 valence electrons. The van der Waals surface area contributed by atoms with E-state index in [0.29, 0.717) is 22.5 Å². The van der Waals surface area contributed by atoms with E-state index in [0.717, 1.165) is 5.82 Å². The molecule has 9 nitrogen and oxygen atoms in total. The van der Waals surface area contributed by atoms with Crippen molar-refractivity contribution in [3.8, 4) is 0 Å². The average molecular weight is 432 g/mol. The molecule has 9 heteroatoms. The third kappa shape index (κ3) is 4.46. The van der Waals surface area contributed by atoms with E-state index in [1.807, 2.05) is 27.7 Å². The second-order valence-corrected chi connectivity index (χ2v) is 8.85. The summed E-state index contributed by atoms with van der Waals surface area (Å²) in [6.07, 6.45) is 8.50. The topological polar surface area (TPSA) is 116 Å². The van der Waals surface area contributed by atoms with Crippen LogP contribution in [0.25, 0.3) is 5.65 Å². The number of ketones is 2. The van der Waals surface area contributed by atoms with Gasteiger partial charge in [-0.3, -0.25) is 9.59 Å². The number of carbonyl (C=O) groups excluding carboxylic acids is 2. The van der Waals surface area contributed by atoms with Crippen molar-refractivity contribution in [3.63, 3.8) is 0 Å². The Bertz CT molecular complexity index is 1270. The van der Waals surface area contributed by atoms with Gasteiger partial charge in [-0.1, -0.05) is 32.9 Å². The summed E-state index contributed by atoms with van der Waals surface area (Å²) < 4.78 is 6.92. The number of hydrogen-bond acceptors (Lipinski definition) is 8. The molecule has 0 saturated heterocycles. The number of nitrogens with zero attached hydrogens (tertiary/aromatic N) is 6. The molecule has 0 radical (unpaired) electrons. The maximum absolute atomic E-state index is 12.7. The number of fused-ring (bicyclic) bond motifs is 1. The van der Waals surface area contributed by atoms with Gasteiger partial charge in [0, 0.05) is 55.0 Å². The molecule has 0 unspecified atom stereocenters. The van der Waals surface area contributed by atoms with Crippen LogP contribution >= 0.6 is 0 Å². The first-order valence-corrected chi connectivity index (χ1v) is 10.3. The third-order valence-electron chi connectivity index (χ3n) is 5.11. The molecule has 4 heterocycles. The van der Waals surface area contributed by atoms with Crippen LogP contribution in [0.3, 0.4) is 0 Å². The van der Waals surface area contributed by atoms with Crippen LogP contribution in [0.4, 0.5) is 0 Å². The molecule has 1 atom stereocenters. The van der Waals surface area contributed by atoms with E-state index in [2.05, 4.69) is 25.2 Å². The Balaban J connectivity index is 1.41. The predicted octanol–water partition coefficient (Wildman–Crippen LogP) is 3.61. The van der Waals surface area contributed by atoms with Gasteiger partial charge in [0.2, 0.25) is 0 Å². The predicted molar refractivity (Wildman–Crippen MR) is 116 cm³/mol. The van der Waals surface area contributed by atoms with Gasteiger partial charge in [-0.05, 0) is 11.6 Å². The fraction of sp³-hybridized carbons (Fsp3) is 0.348. The number of carbonyl (C=O) groups is 2. The Morgan fingerprint density at radius 3 is 2.56 bits per heavy atom. The Morgan fingerprint density at radius 2 is 1.84 bits per heavy atom. The first-order valence-electron chi connectivity index (χ1n) is 10.3. The van der Waals surface area contributed by atoms with Gasteiger partial charge in [0.25, 0.3) is 0 Å². The fourth-order valence-corrected chi connectivity index (χ4v) is 3.27. The second kappa shape index (κ2) is 8.41. The third-order valence-corrected chi connectivity index (χ3v) is 5.11. The highest BCUT2D eigenvalue weighted by Crippen LogP contribution is 2.24. The zero-order valence-corrected chi connectivity index (χ0v) is 18.4. The standard InChI is InChI=1S/C23H24N6O3/c1-14(8-18(30)16-13-27-29-7-5-6-24-21(16)29)20-10-17(28-32-20)19(31)9-15-11-25-22(26-12-15)23(2,3)4/h5-7,10-14H,8-9H2,1-4H3/t14-/m0/s1. The molecule has 4 rings (SSSR count). The highest BCUT2D eigenvalue weighted by molar-refractivity contribution is 6.01. The molecule has 0 aliphatic heterocycles. The molecular weight excluding hydrogens is 408 g/mol. The number of hydrogen-bond donors (Lipinski definition) is 0. The molecule has 0 bridgehead atoms. The van der Waals surface area contributed by atoms with Gasteiger partial charge in [0.15, 0.2) is 17.2 Å². The van der Waals surface area contributed by atoms with Crippen LogP contribution in [0.15, 0.2) is 47.6 Å². The van der Waals surface area contributed by atoms with Crippen molar-refractivity contribution in [1.82, 2.24) is 29.7 Å². The summed E-state index contributed by atoms with van der Waals surface area (Å²) in [6, 6.07) is 3.34. The van der Waals surface area contributed by atoms with E-state index < -0.39 is 0 Å². The van der Waals surface area contributed by atoms with Crippen molar-refractivity contribution in [1.29, 1.82) is 0 Å². The molecule has 32 heavy (non-hydrogen) atoms. The van der Waals surface area contributed by atoms with Gasteiger partial charge in [-0.15, -0.1) is 0 Å². The van der Waals surface area contributed by atoms with Gasteiger partial charge < -0.3 is 4.52 Å². The Hall–Kier alpha value is -3.75. The summed E-state index contributed by atoms with van der Waals surface area (Å²) in [6.45, 7) is 7.94. The normalized spacial score (nSPS) is 12.8. The molecule has 4 aromatic heterocycles. The van der Waals surface area contributed by atoms with Crippen molar-refractivity contribution in [3.05, 3.63) is 71.5 Å². The van der Waals surface area contributed by atoms with Crippen molar-refractivity contribution in [2.24, 2.45) is 0 Å². The van der Waals surface area contributed by atoms with E-state index in [-0.39, 0.29) is 41.4 Å². The number of Topliss-reactive ketones (excluding diaryl/α,β-unsaturated/α-hetero) is 2. The SMILES string of the molecule is C[C@@H](CC(=O)c1cnn2cccnc12)c1cc(C(=O)Cc2cnc(C(C)(C)C)nc2)no1. The molecule has 0 fully saturated rings. The smallest absolute Gasteiger partial charge is 0.189 e. The van der Waals surface area contributed by atoms with Crippen LogP contribution < -0.4 is 0 Å². The molecule has 0 saturated carbocycles. The van der Waals surface area contributed by atoms with Crippen molar-refractivity contribution < 1.29 is 14.1 Å². The van der Waals surface area contributed by atoms with E-state index in [1.165, 1.54) is 6.20 Å². The van der Waals surface area contributed by atoms with Crippen LogP contribution in [0.5, 0.6) is 0 Å². The monoisotopic (exact) mass is 432 g/mol. The zero-order valence-electron chi connectivity index (χ0n) is 18.4. The van der Waals surface area contributed by atoms with Gasteiger partial charge in [-0.2, -0.15) is 5.10 Å². The summed E-state index contributed by atoms with van der Waals surface area (Å²) in [5.41, 5.74) is 1.73. The lowest BCUT2D eigenvalue weighted by Crippen LogP contribution is -2.16. The maximum Gasteiger partial charge on any atom is 0.189 e. The van der Waals surface area contributed by atoms with E-state index in [1.54, 1.807) is 41.4 Å².